The van der Waals surface area contributed by atoms with Crippen molar-refractivity contribution in [2.45, 2.75) is 38.4 Å². The smallest absolute Gasteiger partial charge is 0.386 e. The SMILES string of the molecule is Nc1ncc(CN2CCC(C(=O)N3CCC(C(=NOCC(F)(F)F)c4ccccn4)CC3)CC2)cn1. The van der Waals surface area contributed by atoms with Crippen LogP contribution in [-0.4, -0.2) is 75.3 Å². The number of carbonyl (C=O) groups is 1. The van der Waals surface area contributed by atoms with E-state index in [1.807, 2.05) is 4.90 Å². The fourth-order valence-corrected chi connectivity index (χ4v) is 4.69. The molecule has 4 heterocycles. The Morgan fingerprint density at radius 2 is 1.69 bits per heavy atom. The maximum atomic E-state index is 13.2. The van der Waals surface area contributed by atoms with Crippen LogP contribution >= 0.6 is 0 Å². The Morgan fingerprint density at radius 3 is 2.31 bits per heavy atom. The van der Waals surface area contributed by atoms with Crippen LogP contribution in [0.3, 0.4) is 0 Å². The van der Waals surface area contributed by atoms with Crippen molar-refractivity contribution in [3.05, 3.63) is 48.0 Å². The normalized spacial score (nSPS) is 18.9. The summed E-state index contributed by atoms with van der Waals surface area (Å²) in [4.78, 5) is 34.2. The van der Waals surface area contributed by atoms with E-state index in [4.69, 9.17) is 5.73 Å². The van der Waals surface area contributed by atoms with Gasteiger partial charge in [0.2, 0.25) is 18.5 Å². The maximum absolute atomic E-state index is 13.2. The van der Waals surface area contributed by atoms with E-state index in [9.17, 15) is 18.0 Å². The Kier molecular flexibility index (Phi) is 8.34. The average Bonchev–Trinajstić information content (AvgIpc) is 2.88. The molecule has 9 nitrogen and oxygen atoms in total. The van der Waals surface area contributed by atoms with E-state index in [0.29, 0.717) is 37.3 Å². The molecule has 0 bridgehead atoms. The molecule has 0 aromatic carbocycles. The molecule has 0 saturated carbocycles. The van der Waals surface area contributed by atoms with Crippen LogP contribution in [0.2, 0.25) is 0 Å². The van der Waals surface area contributed by atoms with Crippen molar-refractivity contribution in [1.29, 1.82) is 0 Å². The first-order valence-corrected chi connectivity index (χ1v) is 12.0. The molecule has 2 aliphatic heterocycles. The fourth-order valence-electron chi connectivity index (χ4n) is 4.69. The standard InChI is InChI=1S/C24H30F3N7O2/c25-24(26,27)16-36-32-21(20-3-1-2-8-29-20)18-6-11-34(12-7-18)22(35)19-4-9-33(10-5-19)15-17-13-30-23(28)31-14-17/h1-3,8,13-14,18-19H,4-7,9-12,15-16H2,(H2,28,30,31). The predicted molar refractivity (Wildman–Crippen MR) is 127 cm³/mol. The van der Waals surface area contributed by atoms with Crippen molar-refractivity contribution in [3.63, 3.8) is 0 Å². The molecule has 2 saturated heterocycles. The molecule has 194 valence electrons. The largest absolute Gasteiger partial charge is 0.425 e. The molecule has 12 heteroatoms. The second-order valence-corrected chi connectivity index (χ2v) is 9.18. The van der Waals surface area contributed by atoms with Crippen molar-refractivity contribution in [3.8, 4) is 0 Å². The van der Waals surface area contributed by atoms with Gasteiger partial charge in [-0.3, -0.25) is 14.7 Å². The van der Waals surface area contributed by atoms with Crippen molar-refractivity contribution in [2.75, 3.05) is 38.5 Å². The molecule has 0 radical (unpaired) electrons. The van der Waals surface area contributed by atoms with Gasteiger partial charge in [-0.1, -0.05) is 11.2 Å². The Balaban J connectivity index is 1.29. The van der Waals surface area contributed by atoms with Crippen LogP contribution in [-0.2, 0) is 16.2 Å². The summed E-state index contributed by atoms with van der Waals surface area (Å²) in [6, 6.07) is 5.19. The van der Waals surface area contributed by atoms with Crippen LogP contribution in [0.1, 0.15) is 36.9 Å². The number of aromatic nitrogens is 3. The first-order valence-electron chi connectivity index (χ1n) is 12.0. The van der Waals surface area contributed by atoms with Crippen LogP contribution in [0, 0.1) is 11.8 Å². The van der Waals surface area contributed by atoms with Gasteiger partial charge in [0.15, 0.2) is 0 Å². The number of likely N-dealkylation sites (tertiary alicyclic amines) is 2. The summed E-state index contributed by atoms with van der Waals surface area (Å²) < 4.78 is 37.6. The number of oxime groups is 1. The topological polar surface area (TPSA) is 110 Å². The van der Waals surface area contributed by atoms with E-state index in [1.54, 1.807) is 36.8 Å². The third-order valence-corrected chi connectivity index (χ3v) is 6.58. The number of nitrogens with zero attached hydrogens (tertiary/aromatic N) is 6. The predicted octanol–water partition coefficient (Wildman–Crippen LogP) is 2.89. The lowest BCUT2D eigenvalue weighted by atomic mass is 9.88. The molecule has 4 rings (SSSR count). The molecule has 36 heavy (non-hydrogen) atoms. The Bertz CT molecular complexity index is 1020. The highest BCUT2D eigenvalue weighted by Gasteiger charge is 2.33. The summed E-state index contributed by atoms with van der Waals surface area (Å²) >= 11 is 0. The fraction of sp³-hybridized carbons (Fsp3) is 0.542. The number of hydrogen-bond acceptors (Lipinski definition) is 8. The summed E-state index contributed by atoms with van der Waals surface area (Å²) in [5, 5.41) is 3.82. The molecule has 2 aromatic heterocycles. The minimum absolute atomic E-state index is 0.0282. The van der Waals surface area contributed by atoms with Gasteiger partial charge in [0.25, 0.3) is 0 Å². The highest BCUT2D eigenvalue weighted by atomic mass is 19.4. The molecular weight excluding hydrogens is 475 g/mol. The summed E-state index contributed by atoms with van der Waals surface area (Å²) in [6.07, 6.45) is 3.29. The van der Waals surface area contributed by atoms with Crippen molar-refractivity contribution in [2.24, 2.45) is 17.0 Å². The Labute approximate surface area is 207 Å². The minimum atomic E-state index is -4.47. The van der Waals surface area contributed by atoms with Crippen molar-refractivity contribution >= 4 is 17.6 Å². The van der Waals surface area contributed by atoms with E-state index in [0.717, 1.165) is 38.0 Å². The molecular formula is C24H30F3N7O2. The van der Waals surface area contributed by atoms with E-state index < -0.39 is 12.8 Å². The van der Waals surface area contributed by atoms with Crippen LogP contribution in [0.15, 0.2) is 41.9 Å². The molecule has 0 unspecified atom stereocenters. The molecule has 0 spiro atoms. The highest BCUT2D eigenvalue weighted by molar-refractivity contribution is 6.00. The first kappa shape index (κ1) is 25.8. The number of alkyl halides is 3. The number of halogens is 3. The molecule has 2 aliphatic rings. The number of carbonyl (C=O) groups excluding carboxylic acids is 1. The zero-order valence-corrected chi connectivity index (χ0v) is 19.9. The molecule has 0 atom stereocenters. The van der Waals surface area contributed by atoms with Crippen LogP contribution in [0.5, 0.6) is 0 Å². The van der Waals surface area contributed by atoms with Gasteiger partial charge in [-0.15, -0.1) is 0 Å². The van der Waals surface area contributed by atoms with Gasteiger partial charge < -0.3 is 15.5 Å². The lowest BCUT2D eigenvalue weighted by Crippen LogP contribution is -2.46. The summed E-state index contributed by atoms with van der Waals surface area (Å²) in [5.41, 5.74) is 7.41. The highest BCUT2D eigenvalue weighted by Crippen LogP contribution is 2.27. The van der Waals surface area contributed by atoms with Crippen LogP contribution in [0.25, 0.3) is 0 Å². The van der Waals surface area contributed by atoms with E-state index in [1.165, 1.54) is 0 Å². The number of rotatable bonds is 7. The van der Waals surface area contributed by atoms with Gasteiger partial charge in [0.1, 0.15) is 5.71 Å². The second kappa shape index (κ2) is 11.6. The maximum Gasteiger partial charge on any atom is 0.425 e. The van der Waals surface area contributed by atoms with E-state index in [-0.39, 0.29) is 23.7 Å². The number of pyridine rings is 1. The third kappa shape index (κ3) is 7.12. The van der Waals surface area contributed by atoms with Gasteiger partial charge in [0.05, 0.1) is 5.69 Å². The molecule has 2 N–H and O–H groups in total. The number of nitrogens with two attached hydrogens (primary N) is 1. The summed E-state index contributed by atoms with van der Waals surface area (Å²) in [5.74, 6) is 0.230. The quantitative estimate of drug-likeness (QED) is 0.455. The van der Waals surface area contributed by atoms with Crippen molar-refractivity contribution in [1.82, 2.24) is 24.8 Å². The van der Waals surface area contributed by atoms with Gasteiger partial charge in [-0.05, 0) is 50.9 Å². The molecule has 0 aliphatic carbocycles. The van der Waals surface area contributed by atoms with Gasteiger partial charge in [-0.25, -0.2) is 9.97 Å². The molecule has 1 amide bonds. The number of piperidine rings is 2. The number of nitrogen functional groups attached to an aromatic ring is 1. The van der Waals surface area contributed by atoms with Gasteiger partial charge in [0, 0.05) is 55.6 Å². The summed E-state index contributed by atoms with van der Waals surface area (Å²) in [6.45, 7) is 1.94. The summed E-state index contributed by atoms with van der Waals surface area (Å²) in [7, 11) is 0. The Hall–Kier alpha value is -3.28. The lowest BCUT2D eigenvalue weighted by molar-refractivity contribution is -0.173. The minimum Gasteiger partial charge on any atom is -0.386 e. The average molecular weight is 506 g/mol. The monoisotopic (exact) mass is 505 g/mol. The number of hydrogen-bond donors (Lipinski definition) is 1. The third-order valence-electron chi connectivity index (χ3n) is 6.58. The number of amides is 1. The van der Waals surface area contributed by atoms with Gasteiger partial charge >= 0.3 is 6.18 Å². The Morgan fingerprint density at radius 1 is 1.03 bits per heavy atom. The zero-order valence-electron chi connectivity index (χ0n) is 19.9. The molecule has 2 fully saturated rings. The van der Waals surface area contributed by atoms with Crippen molar-refractivity contribution < 1.29 is 22.8 Å². The zero-order chi connectivity index (χ0) is 25.5. The second-order valence-electron chi connectivity index (χ2n) is 9.18. The van der Waals surface area contributed by atoms with E-state index in [2.05, 4.69) is 29.8 Å². The number of anilines is 1. The van der Waals surface area contributed by atoms with Gasteiger partial charge in [-0.2, -0.15) is 13.2 Å². The van der Waals surface area contributed by atoms with E-state index >= 15 is 0 Å². The van der Waals surface area contributed by atoms with Crippen LogP contribution in [0.4, 0.5) is 19.1 Å². The van der Waals surface area contributed by atoms with Crippen LogP contribution < -0.4 is 5.73 Å². The molecule has 2 aromatic rings. The first-order chi connectivity index (χ1) is 17.3. The lowest BCUT2D eigenvalue weighted by Gasteiger charge is -2.37.